The highest BCUT2D eigenvalue weighted by Crippen LogP contribution is 2.29. The maximum absolute atomic E-state index is 6.03. The second-order valence-corrected chi connectivity index (χ2v) is 5.56. The van der Waals surface area contributed by atoms with Gasteiger partial charge in [0.1, 0.15) is 17.1 Å². The molecule has 0 amide bonds. The fraction of sp³-hybridized carbons (Fsp3) is 0.133. The highest BCUT2D eigenvalue weighted by atomic mass is 79.9. The summed E-state index contributed by atoms with van der Waals surface area (Å²) in [5, 5.41) is 0. The standard InChI is InChI=1S/C15H12BrClN2O/c1-10-8-11(5-6-12(10)16)20-15-13(9-17)19-7-3-2-4-14(19)18-15/h2-8H,9H2,1H3. The van der Waals surface area contributed by atoms with E-state index in [1.807, 2.05) is 53.9 Å². The molecule has 0 bridgehead atoms. The van der Waals surface area contributed by atoms with Gasteiger partial charge in [-0.1, -0.05) is 22.0 Å². The number of imidazole rings is 1. The summed E-state index contributed by atoms with van der Waals surface area (Å²) in [4.78, 5) is 4.48. The lowest BCUT2D eigenvalue weighted by molar-refractivity contribution is 0.461. The van der Waals surface area contributed by atoms with Crippen LogP contribution >= 0.6 is 27.5 Å². The van der Waals surface area contributed by atoms with Crippen molar-refractivity contribution in [2.24, 2.45) is 0 Å². The summed E-state index contributed by atoms with van der Waals surface area (Å²) in [6.45, 7) is 2.02. The van der Waals surface area contributed by atoms with Gasteiger partial charge in [0.15, 0.2) is 0 Å². The number of alkyl halides is 1. The van der Waals surface area contributed by atoms with Crippen molar-refractivity contribution in [2.75, 3.05) is 0 Å². The Morgan fingerprint density at radius 3 is 2.90 bits per heavy atom. The normalized spacial score (nSPS) is 10.9. The van der Waals surface area contributed by atoms with Crippen LogP contribution in [0.5, 0.6) is 11.6 Å². The van der Waals surface area contributed by atoms with Gasteiger partial charge >= 0.3 is 0 Å². The Hall–Kier alpha value is -1.52. The zero-order valence-corrected chi connectivity index (χ0v) is 13.1. The van der Waals surface area contributed by atoms with Gasteiger partial charge in [-0.25, -0.2) is 0 Å². The van der Waals surface area contributed by atoms with Gasteiger partial charge in [-0.05, 0) is 42.8 Å². The zero-order valence-electron chi connectivity index (χ0n) is 10.8. The fourth-order valence-corrected chi connectivity index (χ4v) is 2.51. The maximum atomic E-state index is 6.03. The van der Waals surface area contributed by atoms with Crippen LogP contribution < -0.4 is 4.74 Å². The highest BCUT2D eigenvalue weighted by molar-refractivity contribution is 9.10. The Labute approximate surface area is 130 Å². The first-order valence-electron chi connectivity index (χ1n) is 6.15. The number of rotatable bonds is 3. The molecule has 0 fully saturated rings. The first kappa shape index (κ1) is 13.5. The predicted molar refractivity (Wildman–Crippen MR) is 83.7 cm³/mol. The number of fused-ring (bicyclic) bond motifs is 1. The van der Waals surface area contributed by atoms with Gasteiger partial charge in [0, 0.05) is 10.7 Å². The van der Waals surface area contributed by atoms with E-state index in [2.05, 4.69) is 20.9 Å². The summed E-state index contributed by atoms with van der Waals surface area (Å²) in [6, 6.07) is 11.6. The van der Waals surface area contributed by atoms with Crippen LogP contribution in [0.1, 0.15) is 11.3 Å². The lowest BCUT2D eigenvalue weighted by Crippen LogP contribution is -1.92. The first-order chi connectivity index (χ1) is 9.69. The van der Waals surface area contributed by atoms with Crippen molar-refractivity contribution in [1.82, 2.24) is 9.38 Å². The van der Waals surface area contributed by atoms with Crippen molar-refractivity contribution in [3.8, 4) is 11.6 Å². The molecule has 0 aliphatic rings. The minimum atomic E-state index is 0.343. The summed E-state index contributed by atoms with van der Waals surface area (Å²) in [5.41, 5.74) is 2.79. The van der Waals surface area contributed by atoms with Crippen LogP contribution in [0.4, 0.5) is 0 Å². The Bertz CT molecular complexity index is 770. The summed E-state index contributed by atoms with van der Waals surface area (Å²) in [7, 11) is 0. The van der Waals surface area contributed by atoms with Crippen LogP contribution in [-0.2, 0) is 5.88 Å². The number of halogens is 2. The van der Waals surface area contributed by atoms with E-state index >= 15 is 0 Å². The molecule has 3 aromatic rings. The van der Waals surface area contributed by atoms with E-state index in [0.29, 0.717) is 11.8 Å². The molecular formula is C15H12BrClN2O. The third kappa shape index (κ3) is 2.41. The lowest BCUT2D eigenvalue weighted by Gasteiger charge is -2.06. The molecule has 1 aromatic carbocycles. The molecule has 0 spiro atoms. The van der Waals surface area contributed by atoms with Crippen LogP contribution in [0, 0.1) is 6.92 Å². The molecular weight excluding hydrogens is 340 g/mol. The molecule has 5 heteroatoms. The van der Waals surface area contributed by atoms with Crippen molar-refractivity contribution in [2.45, 2.75) is 12.8 Å². The van der Waals surface area contributed by atoms with Gasteiger partial charge in [-0.2, -0.15) is 4.98 Å². The van der Waals surface area contributed by atoms with E-state index in [1.165, 1.54) is 0 Å². The number of nitrogens with zero attached hydrogens (tertiary/aromatic N) is 2. The van der Waals surface area contributed by atoms with Gasteiger partial charge in [0.2, 0.25) is 5.88 Å². The molecule has 20 heavy (non-hydrogen) atoms. The van der Waals surface area contributed by atoms with E-state index < -0.39 is 0 Å². The summed E-state index contributed by atoms with van der Waals surface area (Å²) in [5.74, 6) is 1.64. The summed E-state index contributed by atoms with van der Waals surface area (Å²) >= 11 is 9.50. The topological polar surface area (TPSA) is 26.5 Å². The molecule has 2 heterocycles. The van der Waals surface area contributed by atoms with E-state index in [9.17, 15) is 0 Å². The molecule has 0 N–H and O–H groups in total. The van der Waals surface area contributed by atoms with Crippen LogP contribution in [-0.4, -0.2) is 9.38 Å². The van der Waals surface area contributed by atoms with Crippen molar-refractivity contribution < 1.29 is 4.74 Å². The minimum absolute atomic E-state index is 0.343. The van der Waals surface area contributed by atoms with Crippen LogP contribution in [0.25, 0.3) is 5.65 Å². The Balaban J connectivity index is 2.03. The predicted octanol–water partition coefficient (Wildman–Crippen LogP) is 4.94. The van der Waals surface area contributed by atoms with Crippen LogP contribution in [0.2, 0.25) is 0 Å². The Kier molecular flexibility index (Phi) is 3.68. The Morgan fingerprint density at radius 2 is 2.15 bits per heavy atom. The molecule has 0 saturated carbocycles. The van der Waals surface area contributed by atoms with Crippen molar-refractivity contribution >= 4 is 33.2 Å². The van der Waals surface area contributed by atoms with Gasteiger partial charge < -0.3 is 4.74 Å². The summed E-state index contributed by atoms with van der Waals surface area (Å²) in [6.07, 6.45) is 1.93. The molecule has 2 aromatic heterocycles. The molecule has 0 aliphatic heterocycles. The molecule has 0 radical (unpaired) electrons. The average Bonchev–Trinajstić information content (AvgIpc) is 2.80. The average molecular weight is 352 g/mol. The SMILES string of the molecule is Cc1cc(Oc2nc3ccccn3c2CCl)ccc1Br. The minimum Gasteiger partial charge on any atom is -0.437 e. The smallest absolute Gasteiger partial charge is 0.242 e. The second-order valence-electron chi connectivity index (χ2n) is 4.44. The number of hydrogen-bond acceptors (Lipinski definition) is 2. The third-order valence-corrected chi connectivity index (χ3v) is 4.21. The number of hydrogen-bond donors (Lipinski definition) is 0. The number of aryl methyl sites for hydroxylation is 1. The van der Waals surface area contributed by atoms with E-state index in [1.54, 1.807) is 0 Å². The maximum Gasteiger partial charge on any atom is 0.242 e. The number of ether oxygens (including phenoxy) is 1. The van der Waals surface area contributed by atoms with E-state index in [4.69, 9.17) is 16.3 Å². The number of aromatic nitrogens is 2. The fourth-order valence-electron chi connectivity index (χ4n) is 2.02. The number of benzene rings is 1. The Morgan fingerprint density at radius 1 is 1.30 bits per heavy atom. The lowest BCUT2D eigenvalue weighted by atomic mass is 10.2. The van der Waals surface area contributed by atoms with Crippen molar-refractivity contribution in [3.63, 3.8) is 0 Å². The molecule has 3 nitrogen and oxygen atoms in total. The molecule has 0 unspecified atom stereocenters. The number of pyridine rings is 1. The highest BCUT2D eigenvalue weighted by Gasteiger charge is 2.13. The van der Waals surface area contributed by atoms with Crippen molar-refractivity contribution in [3.05, 3.63) is 58.3 Å². The molecule has 0 atom stereocenters. The molecule has 3 rings (SSSR count). The van der Waals surface area contributed by atoms with Gasteiger partial charge in [-0.3, -0.25) is 4.40 Å². The van der Waals surface area contributed by atoms with E-state index in [0.717, 1.165) is 27.1 Å². The van der Waals surface area contributed by atoms with Crippen LogP contribution in [0.15, 0.2) is 47.1 Å². The van der Waals surface area contributed by atoms with Gasteiger partial charge in [-0.15, -0.1) is 11.6 Å². The van der Waals surface area contributed by atoms with Gasteiger partial charge in [0.25, 0.3) is 0 Å². The van der Waals surface area contributed by atoms with Gasteiger partial charge in [0.05, 0.1) is 5.88 Å². The second kappa shape index (κ2) is 5.46. The molecule has 102 valence electrons. The molecule has 0 aliphatic carbocycles. The molecule has 0 saturated heterocycles. The van der Waals surface area contributed by atoms with Crippen LogP contribution in [0.3, 0.4) is 0 Å². The summed E-state index contributed by atoms with van der Waals surface area (Å²) < 4.78 is 8.88. The first-order valence-corrected chi connectivity index (χ1v) is 7.47. The van der Waals surface area contributed by atoms with E-state index in [-0.39, 0.29) is 0 Å². The quantitative estimate of drug-likeness (QED) is 0.625. The zero-order chi connectivity index (χ0) is 14.1. The monoisotopic (exact) mass is 350 g/mol. The van der Waals surface area contributed by atoms with Crippen molar-refractivity contribution in [1.29, 1.82) is 0 Å². The third-order valence-electron chi connectivity index (χ3n) is 3.06. The largest absolute Gasteiger partial charge is 0.437 e.